The van der Waals surface area contributed by atoms with Crippen LogP contribution in [0.2, 0.25) is 28.2 Å². The van der Waals surface area contributed by atoms with Gasteiger partial charge in [0.2, 0.25) is 0 Å². The summed E-state index contributed by atoms with van der Waals surface area (Å²) in [5.41, 5.74) is 2.89. The molecule has 0 bridgehead atoms. The molecule has 7 heteroatoms. The van der Waals surface area contributed by atoms with Crippen LogP contribution in [0.3, 0.4) is 0 Å². The predicted molar refractivity (Wildman–Crippen MR) is 124 cm³/mol. The Morgan fingerprint density at radius 2 is 1.69 bits per heavy atom. The van der Waals surface area contributed by atoms with E-state index in [1.807, 2.05) is 18.5 Å². The molecule has 2 rings (SSSR count). The van der Waals surface area contributed by atoms with Gasteiger partial charge < -0.3 is 4.43 Å². The van der Waals surface area contributed by atoms with Crippen LogP contribution in [0.5, 0.6) is 0 Å². The van der Waals surface area contributed by atoms with E-state index in [1.165, 1.54) is 0 Å². The van der Waals surface area contributed by atoms with Crippen LogP contribution < -0.4 is 0 Å². The molecule has 0 saturated carbocycles. The number of halogens is 2. The van der Waals surface area contributed by atoms with Gasteiger partial charge in [-0.2, -0.15) is 5.10 Å². The van der Waals surface area contributed by atoms with E-state index in [1.54, 1.807) is 18.2 Å². The molecule has 2 aromatic rings. The van der Waals surface area contributed by atoms with Crippen molar-refractivity contribution in [1.29, 1.82) is 0 Å². The number of hydrogen-bond acceptors (Lipinski definition) is 3. The molecule has 0 radical (unpaired) electrons. The van der Waals surface area contributed by atoms with E-state index in [4.69, 9.17) is 32.7 Å². The summed E-state index contributed by atoms with van der Waals surface area (Å²) in [5.74, 6) is -0.0836. The molecule has 0 fully saturated rings. The van der Waals surface area contributed by atoms with Gasteiger partial charge in [0.15, 0.2) is 14.1 Å². The lowest BCUT2D eigenvalue weighted by Crippen LogP contribution is -2.41. The lowest BCUT2D eigenvalue weighted by atomic mass is 9.99. The fourth-order valence-electron chi connectivity index (χ4n) is 3.04. The van der Waals surface area contributed by atoms with E-state index in [-0.39, 0.29) is 10.8 Å². The summed E-state index contributed by atoms with van der Waals surface area (Å²) in [7, 11) is -1.83. The quantitative estimate of drug-likeness (QED) is 0.334. The summed E-state index contributed by atoms with van der Waals surface area (Å²) in [6, 6.07) is 4.95. The highest BCUT2D eigenvalue weighted by molar-refractivity contribution is 6.74. The Morgan fingerprint density at radius 1 is 1.10 bits per heavy atom. The van der Waals surface area contributed by atoms with Gasteiger partial charge in [0.25, 0.3) is 0 Å². The van der Waals surface area contributed by atoms with Crippen molar-refractivity contribution in [2.75, 3.05) is 6.61 Å². The fraction of sp³-hybridized carbons (Fsp3) is 0.545. The highest BCUT2D eigenvalue weighted by Gasteiger charge is 2.37. The second-order valence-corrected chi connectivity index (χ2v) is 14.5. The van der Waals surface area contributed by atoms with Crippen molar-refractivity contribution in [2.45, 2.75) is 72.1 Å². The lowest BCUT2D eigenvalue weighted by molar-refractivity contribution is 0.103. The smallest absolute Gasteiger partial charge is 0.196 e. The Hall–Kier alpha value is -1.14. The molecule has 0 aliphatic rings. The van der Waals surface area contributed by atoms with Crippen molar-refractivity contribution >= 4 is 37.3 Å². The van der Waals surface area contributed by atoms with E-state index in [0.29, 0.717) is 47.2 Å². The molecule has 160 valence electrons. The maximum absolute atomic E-state index is 13.3. The van der Waals surface area contributed by atoms with Gasteiger partial charge in [0.05, 0.1) is 24.4 Å². The Morgan fingerprint density at radius 3 is 2.17 bits per heavy atom. The summed E-state index contributed by atoms with van der Waals surface area (Å²) >= 11 is 12.2. The van der Waals surface area contributed by atoms with E-state index in [2.05, 4.69) is 33.9 Å². The highest BCUT2D eigenvalue weighted by Crippen LogP contribution is 2.36. The SMILES string of the molecule is CCc1nn(CCO[Si](C)(C)C(C)(C)C)c(CC)c1C(=O)c1cc(Cl)cc(Cl)c1. The number of carbonyl (C=O) groups is 1. The standard InChI is InChI=1S/C22H32Cl2N2O2Si/c1-8-18-20(21(27)15-12-16(23)14-17(24)13-15)19(9-2)26(25-18)10-11-28-29(6,7)22(3,4)5/h12-14H,8-11H2,1-7H3. The number of benzene rings is 1. The molecule has 1 aromatic heterocycles. The summed E-state index contributed by atoms with van der Waals surface area (Å²) in [4.78, 5) is 13.3. The molecule has 0 saturated heterocycles. The maximum atomic E-state index is 13.3. The number of aryl methyl sites for hydroxylation is 1. The first-order chi connectivity index (χ1) is 13.4. The molecule has 29 heavy (non-hydrogen) atoms. The Kier molecular flexibility index (Phi) is 7.77. The molecule has 0 spiro atoms. The van der Waals surface area contributed by atoms with Gasteiger partial charge in [-0.3, -0.25) is 9.48 Å². The van der Waals surface area contributed by atoms with Gasteiger partial charge in [0.1, 0.15) is 0 Å². The minimum Gasteiger partial charge on any atom is -0.415 e. The topological polar surface area (TPSA) is 44.1 Å². The van der Waals surface area contributed by atoms with Gasteiger partial charge in [-0.1, -0.05) is 57.8 Å². The third-order valence-corrected chi connectivity index (χ3v) is 10.7. The Bertz CT molecular complexity index is 865. The third-order valence-electron chi connectivity index (χ3n) is 5.72. The van der Waals surface area contributed by atoms with Crippen molar-refractivity contribution in [3.8, 4) is 0 Å². The number of nitrogens with zero attached hydrogens (tertiary/aromatic N) is 2. The monoisotopic (exact) mass is 454 g/mol. The first-order valence-electron chi connectivity index (χ1n) is 10.1. The minimum atomic E-state index is -1.83. The van der Waals surface area contributed by atoms with Gasteiger partial charge in [-0.05, 0) is 49.2 Å². The zero-order chi connectivity index (χ0) is 22.0. The van der Waals surface area contributed by atoms with Crippen molar-refractivity contribution in [1.82, 2.24) is 9.78 Å². The van der Waals surface area contributed by atoms with Crippen LogP contribution in [0.4, 0.5) is 0 Å². The molecule has 0 aliphatic carbocycles. The zero-order valence-electron chi connectivity index (χ0n) is 18.5. The number of carbonyl (C=O) groups excluding carboxylic acids is 1. The summed E-state index contributed by atoms with van der Waals surface area (Å²) in [5, 5.41) is 5.80. The number of rotatable bonds is 8. The van der Waals surface area contributed by atoms with Crippen molar-refractivity contribution in [3.05, 3.63) is 50.8 Å². The number of aromatic nitrogens is 2. The normalized spacial score (nSPS) is 12.4. The van der Waals surface area contributed by atoms with Crippen LogP contribution in [0, 0.1) is 0 Å². The average molecular weight is 456 g/mol. The molecule has 0 amide bonds. The molecular weight excluding hydrogens is 423 g/mol. The summed E-state index contributed by atoms with van der Waals surface area (Å²) < 4.78 is 8.25. The molecule has 0 unspecified atom stereocenters. The van der Waals surface area contributed by atoms with Crippen molar-refractivity contribution in [2.24, 2.45) is 0 Å². The van der Waals surface area contributed by atoms with E-state index >= 15 is 0 Å². The maximum Gasteiger partial charge on any atom is 0.196 e. The number of ketones is 1. The van der Waals surface area contributed by atoms with Crippen LogP contribution in [0.15, 0.2) is 18.2 Å². The summed E-state index contributed by atoms with van der Waals surface area (Å²) in [6.07, 6.45) is 1.39. The molecule has 0 aliphatic heterocycles. The molecule has 4 nitrogen and oxygen atoms in total. The predicted octanol–water partition coefficient (Wildman–Crippen LogP) is 6.57. The minimum absolute atomic E-state index is 0.0836. The van der Waals surface area contributed by atoms with Crippen LogP contribution >= 0.6 is 23.2 Å². The molecule has 0 atom stereocenters. The zero-order valence-corrected chi connectivity index (χ0v) is 21.0. The van der Waals surface area contributed by atoms with Crippen LogP contribution in [0.1, 0.15) is 61.9 Å². The Labute approximate surface area is 185 Å². The molecular formula is C22H32Cl2N2O2Si. The molecule has 1 aromatic carbocycles. The number of hydrogen-bond donors (Lipinski definition) is 0. The third kappa shape index (κ3) is 5.51. The van der Waals surface area contributed by atoms with Crippen molar-refractivity contribution < 1.29 is 9.22 Å². The second-order valence-electron chi connectivity index (χ2n) is 8.79. The van der Waals surface area contributed by atoms with E-state index in [9.17, 15) is 4.79 Å². The fourth-order valence-corrected chi connectivity index (χ4v) is 4.60. The van der Waals surface area contributed by atoms with Gasteiger partial charge >= 0.3 is 0 Å². The second kappa shape index (κ2) is 9.34. The van der Waals surface area contributed by atoms with Crippen molar-refractivity contribution in [3.63, 3.8) is 0 Å². The molecule has 0 N–H and O–H groups in total. The Balaban J connectivity index is 2.33. The van der Waals surface area contributed by atoms with Gasteiger partial charge in [-0.15, -0.1) is 0 Å². The highest BCUT2D eigenvalue weighted by atomic mass is 35.5. The first kappa shape index (κ1) is 24.1. The average Bonchev–Trinajstić information content (AvgIpc) is 2.96. The van der Waals surface area contributed by atoms with E-state index < -0.39 is 8.32 Å². The molecule has 1 heterocycles. The summed E-state index contributed by atoms with van der Waals surface area (Å²) in [6.45, 7) is 16.4. The largest absolute Gasteiger partial charge is 0.415 e. The van der Waals surface area contributed by atoms with E-state index in [0.717, 1.165) is 11.4 Å². The first-order valence-corrected chi connectivity index (χ1v) is 13.8. The van der Waals surface area contributed by atoms with Gasteiger partial charge in [0, 0.05) is 21.3 Å². The van der Waals surface area contributed by atoms with Crippen LogP contribution in [0.25, 0.3) is 0 Å². The van der Waals surface area contributed by atoms with Crippen LogP contribution in [-0.4, -0.2) is 30.5 Å². The van der Waals surface area contributed by atoms with Crippen LogP contribution in [-0.2, 0) is 23.8 Å². The van der Waals surface area contributed by atoms with Gasteiger partial charge in [-0.25, -0.2) is 0 Å². The lowest BCUT2D eigenvalue weighted by Gasteiger charge is -2.36.